The molecule has 2 bridgehead atoms. The third-order valence-electron chi connectivity index (χ3n) is 4.15. The van der Waals surface area contributed by atoms with E-state index in [4.69, 9.17) is 0 Å². The molecule has 2 atom stereocenters. The van der Waals surface area contributed by atoms with Gasteiger partial charge in [-0.25, -0.2) is 4.98 Å². The van der Waals surface area contributed by atoms with Crippen molar-refractivity contribution < 1.29 is 0 Å². The molecule has 2 saturated heterocycles. The summed E-state index contributed by atoms with van der Waals surface area (Å²) in [5.74, 6) is 1.80. The monoisotopic (exact) mass is 247 g/mol. The standard InChI is InChI=1S/C13H21N5/c1-3-14-13-15-7-6-12(16-13)18-8-10-4-5-11(9-18)17(10)2/h6-7,10-11H,3-5,8-9H2,1-2H3,(H,14,15,16). The van der Waals surface area contributed by atoms with Crippen molar-refractivity contribution in [3.05, 3.63) is 12.3 Å². The molecule has 0 amide bonds. The molecular formula is C13H21N5. The average molecular weight is 247 g/mol. The zero-order valence-corrected chi connectivity index (χ0v) is 11.1. The van der Waals surface area contributed by atoms with Gasteiger partial charge in [0.05, 0.1) is 0 Å². The predicted octanol–water partition coefficient (Wildman–Crippen LogP) is 1.19. The number of anilines is 2. The minimum atomic E-state index is 0.696. The lowest BCUT2D eigenvalue weighted by Crippen LogP contribution is -2.52. The first-order valence-electron chi connectivity index (χ1n) is 6.81. The summed E-state index contributed by atoms with van der Waals surface area (Å²) < 4.78 is 0. The van der Waals surface area contributed by atoms with Crippen LogP contribution in [0.25, 0.3) is 0 Å². The fraction of sp³-hybridized carbons (Fsp3) is 0.692. The van der Waals surface area contributed by atoms with E-state index in [2.05, 4.69) is 39.1 Å². The molecule has 3 heterocycles. The number of likely N-dealkylation sites (N-methyl/N-ethyl adjacent to an activating group) is 1. The van der Waals surface area contributed by atoms with Gasteiger partial charge in [0.15, 0.2) is 0 Å². The number of piperazine rings is 1. The van der Waals surface area contributed by atoms with Crippen LogP contribution in [0.3, 0.4) is 0 Å². The number of fused-ring (bicyclic) bond motifs is 2. The summed E-state index contributed by atoms with van der Waals surface area (Å²) in [5, 5.41) is 3.17. The quantitative estimate of drug-likeness (QED) is 0.869. The van der Waals surface area contributed by atoms with E-state index in [1.54, 1.807) is 0 Å². The van der Waals surface area contributed by atoms with Crippen molar-refractivity contribution in [1.82, 2.24) is 14.9 Å². The highest BCUT2D eigenvalue weighted by Gasteiger charge is 2.37. The zero-order valence-electron chi connectivity index (χ0n) is 11.1. The summed E-state index contributed by atoms with van der Waals surface area (Å²) in [5.41, 5.74) is 0. The number of nitrogens with zero attached hydrogens (tertiary/aromatic N) is 4. The topological polar surface area (TPSA) is 44.3 Å². The minimum Gasteiger partial charge on any atom is -0.354 e. The van der Waals surface area contributed by atoms with E-state index in [0.717, 1.165) is 31.4 Å². The number of nitrogens with one attached hydrogen (secondary N) is 1. The highest BCUT2D eigenvalue weighted by molar-refractivity contribution is 5.43. The van der Waals surface area contributed by atoms with E-state index in [1.807, 2.05) is 12.3 Å². The van der Waals surface area contributed by atoms with Gasteiger partial charge in [0.2, 0.25) is 5.95 Å². The van der Waals surface area contributed by atoms with Gasteiger partial charge >= 0.3 is 0 Å². The Morgan fingerprint density at radius 2 is 2.06 bits per heavy atom. The SMILES string of the molecule is CCNc1nccc(N2CC3CCC(C2)N3C)n1. The number of rotatable bonds is 3. The summed E-state index contributed by atoms with van der Waals surface area (Å²) in [6.07, 6.45) is 4.49. The Balaban J connectivity index is 1.77. The molecule has 0 aliphatic carbocycles. The fourth-order valence-electron chi connectivity index (χ4n) is 3.07. The Labute approximate surface area is 108 Å². The van der Waals surface area contributed by atoms with Gasteiger partial charge < -0.3 is 10.2 Å². The van der Waals surface area contributed by atoms with E-state index in [9.17, 15) is 0 Å². The molecule has 2 aliphatic rings. The van der Waals surface area contributed by atoms with Crippen molar-refractivity contribution in [3.63, 3.8) is 0 Å². The van der Waals surface area contributed by atoms with Crippen LogP contribution in [-0.2, 0) is 0 Å². The molecule has 5 heteroatoms. The summed E-state index contributed by atoms with van der Waals surface area (Å²) in [4.78, 5) is 13.8. The highest BCUT2D eigenvalue weighted by Crippen LogP contribution is 2.30. The van der Waals surface area contributed by atoms with Crippen LogP contribution in [0.4, 0.5) is 11.8 Å². The van der Waals surface area contributed by atoms with E-state index in [-0.39, 0.29) is 0 Å². The maximum Gasteiger partial charge on any atom is 0.224 e. The second-order valence-electron chi connectivity index (χ2n) is 5.22. The summed E-state index contributed by atoms with van der Waals surface area (Å²) >= 11 is 0. The molecule has 0 aromatic carbocycles. The maximum atomic E-state index is 4.59. The van der Waals surface area contributed by atoms with Crippen molar-refractivity contribution in [3.8, 4) is 0 Å². The average Bonchev–Trinajstić information content (AvgIpc) is 2.63. The van der Waals surface area contributed by atoms with Crippen molar-refractivity contribution in [2.45, 2.75) is 31.8 Å². The van der Waals surface area contributed by atoms with Gasteiger partial charge in [-0.05, 0) is 32.9 Å². The number of aromatic nitrogens is 2. The maximum absolute atomic E-state index is 4.59. The van der Waals surface area contributed by atoms with Crippen LogP contribution < -0.4 is 10.2 Å². The van der Waals surface area contributed by atoms with Crippen LogP contribution in [0.5, 0.6) is 0 Å². The fourth-order valence-corrected chi connectivity index (χ4v) is 3.07. The molecule has 3 rings (SSSR count). The molecule has 0 radical (unpaired) electrons. The van der Waals surface area contributed by atoms with Crippen molar-refractivity contribution in [2.75, 3.05) is 36.9 Å². The lowest BCUT2D eigenvalue weighted by atomic mass is 10.2. The van der Waals surface area contributed by atoms with E-state index >= 15 is 0 Å². The van der Waals surface area contributed by atoms with Crippen LogP contribution in [0.1, 0.15) is 19.8 Å². The first-order valence-corrected chi connectivity index (χ1v) is 6.81. The predicted molar refractivity (Wildman–Crippen MR) is 73.0 cm³/mol. The van der Waals surface area contributed by atoms with Crippen molar-refractivity contribution in [1.29, 1.82) is 0 Å². The second kappa shape index (κ2) is 4.72. The second-order valence-corrected chi connectivity index (χ2v) is 5.22. The molecule has 2 aliphatic heterocycles. The summed E-state index contributed by atoms with van der Waals surface area (Å²) in [6.45, 7) is 5.11. The third-order valence-corrected chi connectivity index (χ3v) is 4.15. The van der Waals surface area contributed by atoms with E-state index < -0.39 is 0 Å². The molecule has 18 heavy (non-hydrogen) atoms. The summed E-state index contributed by atoms with van der Waals surface area (Å²) in [6, 6.07) is 3.41. The molecule has 2 unspecified atom stereocenters. The lowest BCUT2D eigenvalue weighted by Gasteiger charge is -2.39. The minimum absolute atomic E-state index is 0.696. The molecule has 2 fully saturated rings. The first-order chi connectivity index (χ1) is 8.78. The third kappa shape index (κ3) is 2.03. The van der Waals surface area contributed by atoms with Crippen LogP contribution in [0, 0.1) is 0 Å². The number of hydrogen-bond donors (Lipinski definition) is 1. The van der Waals surface area contributed by atoms with Crippen molar-refractivity contribution in [2.24, 2.45) is 0 Å². The molecule has 1 aromatic rings. The molecule has 1 N–H and O–H groups in total. The Bertz CT molecular complexity index is 408. The van der Waals surface area contributed by atoms with E-state index in [0.29, 0.717) is 12.1 Å². The van der Waals surface area contributed by atoms with Crippen LogP contribution in [-0.4, -0.2) is 53.6 Å². The first kappa shape index (κ1) is 11.7. The zero-order chi connectivity index (χ0) is 12.5. The van der Waals surface area contributed by atoms with Gasteiger partial charge in [-0.2, -0.15) is 4.98 Å². The van der Waals surface area contributed by atoms with Gasteiger partial charge in [0, 0.05) is 37.9 Å². The Morgan fingerprint density at radius 3 is 2.72 bits per heavy atom. The molecule has 0 spiro atoms. The smallest absolute Gasteiger partial charge is 0.224 e. The Morgan fingerprint density at radius 1 is 1.33 bits per heavy atom. The molecule has 0 saturated carbocycles. The van der Waals surface area contributed by atoms with Gasteiger partial charge in [0.25, 0.3) is 0 Å². The van der Waals surface area contributed by atoms with E-state index in [1.165, 1.54) is 12.8 Å². The largest absolute Gasteiger partial charge is 0.354 e. The van der Waals surface area contributed by atoms with Crippen molar-refractivity contribution >= 4 is 11.8 Å². The number of hydrogen-bond acceptors (Lipinski definition) is 5. The normalized spacial score (nSPS) is 27.6. The summed E-state index contributed by atoms with van der Waals surface area (Å²) in [7, 11) is 2.25. The molecule has 1 aromatic heterocycles. The lowest BCUT2D eigenvalue weighted by molar-refractivity contribution is 0.212. The van der Waals surface area contributed by atoms with Gasteiger partial charge in [-0.1, -0.05) is 0 Å². The van der Waals surface area contributed by atoms with Gasteiger partial charge in [-0.15, -0.1) is 0 Å². The van der Waals surface area contributed by atoms with Gasteiger partial charge in [-0.3, -0.25) is 4.90 Å². The van der Waals surface area contributed by atoms with Crippen LogP contribution >= 0.6 is 0 Å². The Hall–Kier alpha value is -1.36. The highest BCUT2D eigenvalue weighted by atomic mass is 15.3. The molecular weight excluding hydrogens is 226 g/mol. The van der Waals surface area contributed by atoms with Gasteiger partial charge in [0.1, 0.15) is 5.82 Å². The Kier molecular flexibility index (Phi) is 3.07. The van der Waals surface area contributed by atoms with Crippen LogP contribution in [0.2, 0.25) is 0 Å². The molecule has 5 nitrogen and oxygen atoms in total. The molecule has 98 valence electrons. The van der Waals surface area contributed by atoms with Crippen LogP contribution in [0.15, 0.2) is 12.3 Å².